The number of carboxylic acids is 1. The first-order chi connectivity index (χ1) is 6.56. The zero-order valence-corrected chi connectivity index (χ0v) is 8.80. The van der Waals surface area contributed by atoms with Crippen LogP contribution in [0.3, 0.4) is 0 Å². The average molecular weight is 234 g/mol. The van der Waals surface area contributed by atoms with Gasteiger partial charge in [0.15, 0.2) is 0 Å². The van der Waals surface area contributed by atoms with Crippen molar-refractivity contribution in [1.82, 2.24) is 0 Å². The van der Waals surface area contributed by atoms with Crippen LogP contribution in [0.5, 0.6) is 5.75 Å². The molecule has 0 saturated carbocycles. The lowest BCUT2D eigenvalue weighted by molar-refractivity contribution is -0.255. The van der Waals surface area contributed by atoms with Crippen LogP contribution in [-0.4, -0.2) is 13.1 Å². The SMILES string of the molecule is COc1ccc(C(Cl)Cl)c(C(=O)[O-])c1. The number of aromatic carboxylic acids is 1. The Balaban J connectivity index is 3.24. The number of carboxylic acid groups (broad SMARTS) is 1. The quantitative estimate of drug-likeness (QED) is 0.745. The van der Waals surface area contributed by atoms with Gasteiger partial charge in [-0.2, -0.15) is 0 Å². The third-order valence-electron chi connectivity index (χ3n) is 1.72. The molecule has 0 heterocycles. The summed E-state index contributed by atoms with van der Waals surface area (Å²) in [6.07, 6.45) is 0. The number of hydrogen-bond donors (Lipinski definition) is 0. The Hall–Kier alpha value is -0.930. The second kappa shape index (κ2) is 4.53. The summed E-state index contributed by atoms with van der Waals surface area (Å²) in [5.74, 6) is -0.910. The molecule has 0 fully saturated rings. The van der Waals surface area contributed by atoms with Crippen molar-refractivity contribution in [2.45, 2.75) is 4.84 Å². The highest BCUT2D eigenvalue weighted by molar-refractivity contribution is 6.44. The Kier molecular flexibility index (Phi) is 3.61. The van der Waals surface area contributed by atoms with Crippen molar-refractivity contribution in [1.29, 1.82) is 0 Å². The van der Waals surface area contributed by atoms with Crippen LogP contribution in [0.2, 0.25) is 0 Å². The predicted molar refractivity (Wildman–Crippen MR) is 51.8 cm³/mol. The molecule has 5 heteroatoms. The van der Waals surface area contributed by atoms with Crippen LogP contribution in [0.4, 0.5) is 0 Å². The van der Waals surface area contributed by atoms with Gasteiger partial charge in [0.2, 0.25) is 0 Å². The molecule has 3 nitrogen and oxygen atoms in total. The van der Waals surface area contributed by atoms with E-state index in [1.807, 2.05) is 0 Å². The molecule has 0 aliphatic rings. The fourth-order valence-corrected chi connectivity index (χ4v) is 1.41. The summed E-state index contributed by atoms with van der Waals surface area (Å²) in [6.45, 7) is 0. The highest BCUT2D eigenvalue weighted by Gasteiger charge is 2.11. The Bertz CT molecular complexity index is 350. The number of ether oxygens (including phenoxy) is 1. The Labute approximate surface area is 91.2 Å². The van der Waals surface area contributed by atoms with Gasteiger partial charge in [-0.25, -0.2) is 0 Å². The summed E-state index contributed by atoms with van der Waals surface area (Å²) in [5, 5.41) is 10.7. The molecule has 0 N–H and O–H groups in total. The first-order valence-electron chi connectivity index (χ1n) is 3.73. The molecule has 0 aromatic heterocycles. The lowest BCUT2D eigenvalue weighted by atomic mass is 10.1. The van der Waals surface area contributed by atoms with Gasteiger partial charge in [0.1, 0.15) is 10.6 Å². The number of halogens is 2. The van der Waals surface area contributed by atoms with Crippen LogP contribution in [0.1, 0.15) is 20.8 Å². The zero-order valence-electron chi connectivity index (χ0n) is 7.29. The van der Waals surface area contributed by atoms with E-state index in [4.69, 9.17) is 27.9 Å². The second-order valence-electron chi connectivity index (χ2n) is 2.54. The number of rotatable bonds is 3. The maximum atomic E-state index is 10.7. The molecule has 0 saturated heterocycles. The third kappa shape index (κ3) is 2.30. The minimum Gasteiger partial charge on any atom is -0.545 e. The standard InChI is InChI=1S/C9H8Cl2O3/c1-14-5-2-3-6(8(10)11)7(4-5)9(12)13/h2-4,8H,1H3,(H,12,13)/p-1. The highest BCUT2D eigenvalue weighted by atomic mass is 35.5. The maximum Gasteiger partial charge on any atom is 0.133 e. The number of methoxy groups -OCH3 is 1. The fourth-order valence-electron chi connectivity index (χ4n) is 1.03. The van der Waals surface area contributed by atoms with E-state index in [9.17, 15) is 9.90 Å². The predicted octanol–water partition coefficient (Wildman–Crippen LogP) is 1.53. The van der Waals surface area contributed by atoms with Gasteiger partial charge in [0.25, 0.3) is 0 Å². The van der Waals surface area contributed by atoms with Crippen LogP contribution >= 0.6 is 23.2 Å². The van der Waals surface area contributed by atoms with Gasteiger partial charge in [-0.05, 0) is 17.7 Å². The second-order valence-corrected chi connectivity index (χ2v) is 3.64. The number of alkyl halides is 2. The summed E-state index contributed by atoms with van der Waals surface area (Å²) in [6, 6.07) is 4.40. The van der Waals surface area contributed by atoms with Crippen molar-refractivity contribution in [2.75, 3.05) is 7.11 Å². The summed E-state index contributed by atoms with van der Waals surface area (Å²) in [7, 11) is 1.44. The van der Waals surface area contributed by atoms with E-state index >= 15 is 0 Å². The number of carbonyl (C=O) groups is 1. The molecule has 14 heavy (non-hydrogen) atoms. The van der Waals surface area contributed by atoms with E-state index in [1.165, 1.54) is 19.2 Å². The average Bonchev–Trinajstić information content (AvgIpc) is 2.16. The molecule has 76 valence electrons. The van der Waals surface area contributed by atoms with Crippen LogP contribution in [0.25, 0.3) is 0 Å². The van der Waals surface area contributed by atoms with E-state index in [-0.39, 0.29) is 5.56 Å². The molecule has 0 spiro atoms. The van der Waals surface area contributed by atoms with Gasteiger partial charge in [-0.15, -0.1) is 23.2 Å². The Morgan fingerprint density at radius 2 is 2.14 bits per heavy atom. The van der Waals surface area contributed by atoms with Crippen molar-refractivity contribution >= 4 is 29.2 Å². The van der Waals surface area contributed by atoms with Crippen molar-refractivity contribution < 1.29 is 14.6 Å². The minimum atomic E-state index is -1.33. The molecule has 0 bridgehead atoms. The van der Waals surface area contributed by atoms with E-state index < -0.39 is 10.8 Å². The van der Waals surface area contributed by atoms with Gasteiger partial charge < -0.3 is 14.6 Å². The van der Waals surface area contributed by atoms with Crippen molar-refractivity contribution in [2.24, 2.45) is 0 Å². The Morgan fingerprint density at radius 1 is 1.50 bits per heavy atom. The van der Waals surface area contributed by atoms with Gasteiger partial charge in [0.05, 0.1) is 13.1 Å². The van der Waals surface area contributed by atoms with E-state index in [2.05, 4.69) is 0 Å². The van der Waals surface area contributed by atoms with Crippen molar-refractivity contribution in [3.8, 4) is 5.75 Å². The van der Waals surface area contributed by atoms with Gasteiger partial charge in [-0.1, -0.05) is 6.07 Å². The zero-order chi connectivity index (χ0) is 10.7. The fraction of sp³-hybridized carbons (Fsp3) is 0.222. The molecule has 0 amide bonds. The number of carbonyl (C=O) groups excluding carboxylic acids is 1. The lowest BCUT2D eigenvalue weighted by Gasteiger charge is -2.12. The van der Waals surface area contributed by atoms with E-state index in [0.29, 0.717) is 11.3 Å². The molecule has 0 aliphatic heterocycles. The van der Waals surface area contributed by atoms with Crippen molar-refractivity contribution in [3.63, 3.8) is 0 Å². The molecule has 1 aromatic carbocycles. The highest BCUT2D eigenvalue weighted by Crippen LogP contribution is 2.29. The molecule has 0 atom stereocenters. The maximum absolute atomic E-state index is 10.7. The van der Waals surface area contributed by atoms with Crippen LogP contribution in [-0.2, 0) is 0 Å². The molecular formula is C9H7Cl2O3-. The summed E-state index contributed by atoms with van der Waals surface area (Å²) in [4.78, 5) is 9.82. The van der Waals surface area contributed by atoms with E-state index in [1.54, 1.807) is 6.07 Å². The van der Waals surface area contributed by atoms with Crippen LogP contribution in [0.15, 0.2) is 18.2 Å². The molecule has 1 rings (SSSR count). The summed E-state index contributed by atoms with van der Waals surface area (Å²) in [5.41, 5.74) is 0.244. The number of benzene rings is 1. The topological polar surface area (TPSA) is 49.4 Å². The normalized spacial score (nSPS) is 10.3. The monoisotopic (exact) mass is 233 g/mol. The summed E-state index contributed by atoms with van der Waals surface area (Å²) >= 11 is 11.2. The van der Waals surface area contributed by atoms with Gasteiger partial charge >= 0.3 is 0 Å². The van der Waals surface area contributed by atoms with Gasteiger partial charge in [-0.3, -0.25) is 0 Å². The van der Waals surface area contributed by atoms with Crippen molar-refractivity contribution in [3.05, 3.63) is 29.3 Å². The third-order valence-corrected chi connectivity index (χ3v) is 2.19. The molecule has 0 aliphatic carbocycles. The first-order valence-corrected chi connectivity index (χ1v) is 4.61. The summed E-state index contributed by atoms with van der Waals surface area (Å²) < 4.78 is 4.86. The van der Waals surface area contributed by atoms with Crippen LogP contribution in [0, 0.1) is 0 Å². The molecular weight excluding hydrogens is 227 g/mol. The smallest absolute Gasteiger partial charge is 0.133 e. The largest absolute Gasteiger partial charge is 0.545 e. The van der Waals surface area contributed by atoms with E-state index in [0.717, 1.165) is 0 Å². The van der Waals surface area contributed by atoms with Crippen LogP contribution < -0.4 is 9.84 Å². The molecule has 0 unspecified atom stereocenters. The Morgan fingerprint density at radius 3 is 2.57 bits per heavy atom. The minimum absolute atomic E-state index is 0.0562. The first kappa shape index (κ1) is 11.1. The molecule has 1 aromatic rings. The van der Waals surface area contributed by atoms with Gasteiger partial charge in [0, 0.05) is 5.56 Å². The lowest BCUT2D eigenvalue weighted by Crippen LogP contribution is -2.23. The number of hydrogen-bond acceptors (Lipinski definition) is 3. The molecule has 0 radical (unpaired) electrons.